The lowest BCUT2D eigenvalue weighted by molar-refractivity contribution is -0.147. The number of halogens is 2. The van der Waals surface area contributed by atoms with Crippen LogP contribution < -0.4 is 10.6 Å². The SMILES string of the molecule is Cc1ccc(C(F)(F)C(=O)NCc2ccc3c(c2)CN(C2CCC(=O)NC2=O)C3O)nc1. The molecule has 2 atom stereocenters. The van der Waals surface area contributed by atoms with E-state index in [0.717, 1.165) is 11.6 Å². The van der Waals surface area contributed by atoms with Crippen LogP contribution in [0.2, 0.25) is 0 Å². The van der Waals surface area contributed by atoms with Crippen LogP contribution in [-0.2, 0) is 33.4 Å². The molecule has 1 fully saturated rings. The fourth-order valence-corrected chi connectivity index (χ4v) is 3.96. The predicted molar refractivity (Wildman–Crippen MR) is 108 cm³/mol. The number of imide groups is 1. The zero-order chi connectivity index (χ0) is 23.0. The van der Waals surface area contributed by atoms with E-state index in [1.54, 1.807) is 30.0 Å². The van der Waals surface area contributed by atoms with Gasteiger partial charge in [0.05, 0.1) is 6.04 Å². The third-order valence-corrected chi connectivity index (χ3v) is 5.73. The van der Waals surface area contributed by atoms with Gasteiger partial charge in [-0.05, 0) is 41.7 Å². The van der Waals surface area contributed by atoms with Crippen molar-refractivity contribution < 1.29 is 28.3 Å². The largest absolute Gasteiger partial charge is 0.374 e. The number of carbonyl (C=O) groups is 3. The number of nitrogens with one attached hydrogen (secondary N) is 2. The fourth-order valence-electron chi connectivity index (χ4n) is 3.96. The van der Waals surface area contributed by atoms with Gasteiger partial charge in [0.1, 0.15) is 11.9 Å². The Morgan fingerprint density at radius 2 is 2.09 bits per heavy atom. The van der Waals surface area contributed by atoms with Crippen LogP contribution in [-0.4, -0.2) is 38.8 Å². The molecule has 0 saturated carbocycles. The highest BCUT2D eigenvalue weighted by molar-refractivity contribution is 6.00. The number of hydrogen-bond acceptors (Lipinski definition) is 6. The van der Waals surface area contributed by atoms with Crippen molar-refractivity contribution in [1.29, 1.82) is 0 Å². The van der Waals surface area contributed by atoms with Crippen molar-refractivity contribution in [2.45, 2.75) is 51.0 Å². The minimum Gasteiger partial charge on any atom is -0.374 e. The summed E-state index contributed by atoms with van der Waals surface area (Å²) >= 11 is 0. The first-order valence-corrected chi connectivity index (χ1v) is 10.2. The third kappa shape index (κ3) is 4.11. The number of aryl methyl sites for hydroxylation is 1. The number of aliphatic hydroxyl groups excluding tert-OH is 1. The van der Waals surface area contributed by atoms with E-state index < -0.39 is 35.7 Å². The summed E-state index contributed by atoms with van der Waals surface area (Å²) in [6.45, 7) is 1.83. The Hall–Kier alpha value is -3.24. The molecule has 0 radical (unpaired) electrons. The molecule has 0 bridgehead atoms. The fraction of sp³-hybridized carbons (Fsp3) is 0.364. The monoisotopic (exact) mass is 444 g/mol. The van der Waals surface area contributed by atoms with Gasteiger partial charge in [-0.15, -0.1) is 0 Å². The third-order valence-electron chi connectivity index (χ3n) is 5.73. The van der Waals surface area contributed by atoms with Gasteiger partial charge in [-0.1, -0.05) is 24.3 Å². The minimum absolute atomic E-state index is 0.137. The molecule has 2 aromatic rings. The number of aliphatic hydroxyl groups is 1. The Morgan fingerprint density at radius 1 is 1.31 bits per heavy atom. The lowest BCUT2D eigenvalue weighted by Crippen LogP contribution is -2.51. The number of piperidine rings is 1. The van der Waals surface area contributed by atoms with E-state index in [4.69, 9.17) is 0 Å². The summed E-state index contributed by atoms with van der Waals surface area (Å²) < 4.78 is 28.8. The molecule has 8 nitrogen and oxygen atoms in total. The maximum Gasteiger partial charge on any atom is 0.366 e. The molecule has 2 unspecified atom stereocenters. The van der Waals surface area contributed by atoms with Crippen LogP contribution in [0.5, 0.6) is 0 Å². The Kier molecular flexibility index (Phi) is 5.74. The zero-order valence-corrected chi connectivity index (χ0v) is 17.3. The van der Waals surface area contributed by atoms with Gasteiger partial charge in [0.2, 0.25) is 11.8 Å². The van der Waals surface area contributed by atoms with E-state index in [2.05, 4.69) is 15.6 Å². The lowest BCUT2D eigenvalue weighted by Gasteiger charge is -2.31. The molecule has 1 aromatic carbocycles. The number of aromatic nitrogens is 1. The average molecular weight is 444 g/mol. The predicted octanol–water partition coefficient (Wildman–Crippen LogP) is 1.41. The minimum atomic E-state index is -3.77. The number of nitrogens with zero attached hydrogens (tertiary/aromatic N) is 2. The number of rotatable bonds is 5. The van der Waals surface area contributed by atoms with Crippen molar-refractivity contribution in [3.63, 3.8) is 0 Å². The number of fused-ring (bicyclic) bond motifs is 1. The van der Waals surface area contributed by atoms with Crippen LogP contribution in [0.1, 0.15) is 47.0 Å². The van der Waals surface area contributed by atoms with Gasteiger partial charge < -0.3 is 10.4 Å². The van der Waals surface area contributed by atoms with Gasteiger partial charge in [0.15, 0.2) is 0 Å². The van der Waals surface area contributed by atoms with E-state index in [-0.39, 0.29) is 25.4 Å². The second-order valence-corrected chi connectivity index (χ2v) is 8.02. The Bertz CT molecular complexity index is 1070. The number of hydrogen-bond donors (Lipinski definition) is 3. The molecule has 4 rings (SSSR count). The first-order valence-electron chi connectivity index (χ1n) is 10.2. The molecular weight excluding hydrogens is 422 g/mol. The summed E-state index contributed by atoms with van der Waals surface area (Å²) in [5.41, 5.74) is 1.97. The van der Waals surface area contributed by atoms with Crippen molar-refractivity contribution >= 4 is 17.7 Å². The van der Waals surface area contributed by atoms with Crippen molar-refractivity contribution in [1.82, 2.24) is 20.5 Å². The highest BCUT2D eigenvalue weighted by atomic mass is 19.3. The molecule has 0 aliphatic carbocycles. The molecule has 1 saturated heterocycles. The maximum atomic E-state index is 14.4. The van der Waals surface area contributed by atoms with E-state index in [0.29, 0.717) is 23.1 Å². The van der Waals surface area contributed by atoms with Gasteiger partial charge in [-0.3, -0.25) is 29.6 Å². The highest BCUT2D eigenvalue weighted by Crippen LogP contribution is 2.35. The van der Waals surface area contributed by atoms with Crippen molar-refractivity contribution in [3.8, 4) is 0 Å². The van der Waals surface area contributed by atoms with Crippen molar-refractivity contribution in [2.75, 3.05) is 0 Å². The second-order valence-electron chi connectivity index (χ2n) is 8.02. The summed E-state index contributed by atoms with van der Waals surface area (Å²) in [7, 11) is 0. The summed E-state index contributed by atoms with van der Waals surface area (Å²) in [5, 5.41) is 15.1. The van der Waals surface area contributed by atoms with Crippen LogP contribution in [0, 0.1) is 6.92 Å². The molecule has 3 amide bonds. The van der Waals surface area contributed by atoms with Gasteiger partial charge in [0, 0.05) is 25.7 Å². The standard InChI is InChI=1S/C22H22F2N4O4/c1-12-2-6-17(25-9-12)22(23,24)21(32)26-10-13-3-4-15-14(8-13)11-28(20(15)31)16-5-7-18(29)27-19(16)30/h2-4,6,8-9,16,20,31H,5,7,10-11H2,1H3,(H,26,32)(H,27,29,30). The van der Waals surface area contributed by atoms with Crippen molar-refractivity contribution in [2.24, 2.45) is 0 Å². The number of amides is 3. The Morgan fingerprint density at radius 3 is 2.78 bits per heavy atom. The Balaban J connectivity index is 1.42. The Labute approximate surface area is 182 Å². The second kappa shape index (κ2) is 8.36. The molecule has 3 N–H and O–H groups in total. The molecule has 2 aliphatic rings. The van der Waals surface area contributed by atoms with Gasteiger partial charge in [-0.2, -0.15) is 8.78 Å². The maximum absolute atomic E-state index is 14.4. The van der Waals surface area contributed by atoms with Crippen LogP contribution in [0.3, 0.4) is 0 Å². The quantitative estimate of drug-likeness (QED) is 0.602. The smallest absolute Gasteiger partial charge is 0.366 e. The van der Waals surface area contributed by atoms with Crippen molar-refractivity contribution in [3.05, 3.63) is 64.5 Å². The number of benzene rings is 1. The highest BCUT2D eigenvalue weighted by Gasteiger charge is 2.42. The molecule has 10 heteroatoms. The topological polar surface area (TPSA) is 112 Å². The van der Waals surface area contributed by atoms with Gasteiger partial charge in [-0.25, -0.2) is 0 Å². The van der Waals surface area contributed by atoms with E-state index in [1.165, 1.54) is 12.3 Å². The van der Waals surface area contributed by atoms with Gasteiger partial charge in [0.25, 0.3) is 5.91 Å². The number of carbonyl (C=O) groups excluding carboxylic acids is 3. The molecule has 168 valence electrons. The van der Waals surface area contributed by atoms with Crippen LogP contribution in [0.25, 0.3) is 0 Å². The summed E-state index contributed by atoms with van der Waals surface area (Å²) in [6, 6.07) is 6.91. The molecule has 3 heterocycles. The van der Waals surface area contributed by atoms with E-state index in [9.17, 15) is 28.3 Å². The normalized spacial score (nSPS) is 21.2. The molecule has 2 aliphatic heterocycles. The summed E-state index contributed by atoms with van der Waals surface area (Å²) in [5.74, 6) is -6.02. The molecule has 1 aromatic heterocycles. The molecule has 32 heavy (non-hydrogen) atoms. The molecular formula is C22H22F2N4O4. The number of alkyl halides is 2. The number of pyridine rings is 1. The van der Waals surface area contributed by atoms with Crippen LogP contribution in [0.4, 0.5) is 8.78 Å². The van der Waals surface area contributed by atoms with E-state index >= 15 is 0 Å². The van der Waals surface area contributed by atoms with E-state index in [1.807, 2.05) is 0 Å². The van der Waals surface area contributed by atoms with Gasteiger partial charge >= 0.3 is 5.92 Å². The average Bonchev–Trinajstić information content (AvgIpc) is 3.08. The zero-order valence-electron chi connectivity index (χ0n) is 17.3. The first kappa shape index (κ1) is 22.0. The van der Waals surface area contributed by atoms with Crippen LogP contribution in [0.15, 0.2) is 36.5 Å². The summed E-state index contributed by atoms with van der Waals surface area (Å²) in [6.07, 6.45) is 0.754. The van der Waals surface area contributed by atoms with Crippen LogP contribution >= 0.6 is 0 Å². The first-order chi connectivity index (χ1) is 15.2. The molecule has 0 spiro atoms. The lowest BCUT2D eigenvalue weighted by atomic mass is 10.0. The summed E-state index contributed by atoms with van der Waals surface area (Å²) in [4.78, 5) is 40.9.